The van der Waals surface area contributed by atoms with E-state index in [9.17, 15) is 5.11 Å². The molecule has 1 aliphatic rings. The van der Waals surface area contributed by atoms with E-state index < -0.39 is 5.60 Å². The van der Waals surface area contributed by atoms with E-state index in [1.807, 2.05) is 32.0 Å². The van der Waals surface area contributed by atoms with Gasteiger partial charge < -0.3 is 14.7 Å². The zero-order chi connectivity index (χ0) is 24.0. The van der Waals surface area contributed by atoms with Crippen LogP contribution in [0.2, 0.25) is 0 Å². The number of aliphatic hydroxyl groups is 1. The summed E-state index contributed by atoms with van der Waals surface area (Å²) in [6.07, 6.45) is 2.61. The molecule has 3 aromatic carbocycles. The molecule has 1 aliphatic heterocycles. The third-order valence-electron chi connectivity index (χ3n) is 6.82. The number of rotatable bonds is 9. The first-order valence-electron chi connectivity index (χ1n) is 12.5. The van der Waals surface area contributed by atoms with Crippen molar-refractivity contribution in [3.8, 4) is 16.9 Å². The molecule has 180 valence electrons. The third kappa shape index (κ3) is 6.62. The number of hydrogen-bond donors (Lipinski definition) is 1. The second kappa shape index (κ2) is 11.1. The van der Waals surface area contributed by atoms with Gasteiger partial charge in [0.25, 0.3) is 0 Å². The van der Waals surface area contributed by atoms with Crippen LogP contribution < -0.4 is 9.64 Å². The molecule has 0 saturated carbocycles. The second-order valence-corrected chi connectivity index (χ2v) is 9.90. The molecule has 0 bridgehead atoms. The SMILES string of the molecule is CC(C)Oc1ccc(N(C)CCC2(O)CCN(Cc3ccc(-c4ccccc4)cc3)CC2)cc1. The lowest BCUT2D eigenvalue weighted by atomic mass is 9.88. The summed E-state index contributed by atoms with van der Waals surface area (Å²) in [6.45, 7) is 7.71. The molecule has 0 atom stereocenters. The van der Waals surface area contributed by atoms with E-state index in [1.54, 1.807) is 0 Å². The first kappa shape index (κ1) is 24.3. The van der Waals surface area contributed by atoms with Crippen LogP contribution in [0.15, 0.2) is 78.9 Å². The number of anilines is 1. The Morgan fingerprint density at radius 2 is 1.50 bits per heavy atom. The average molecular weight is 459 g/mol. The summed E-state index contributed by atoms with van der Waals surface area (Å²) in [7, 11) is 2.09. The Hall–Kier alpha value is -2.82. The van der Waals surface area contributed by atoms with Crippen LogP contribution in [-0.4, -0.2) is 48.4 Å². The molecule has 0 radical (unpaired) electrons. The van der Waals surface area contributed by atoms with Crippen LogP contribution in [0.5, 0.6) is 5.75 Å². The normalized spacial score (nSPS) is 15.9. The molecule has 0 unspecified atom stereocenters. The molecule has 0 amide bonds. The maximum Gasteiger partial charge on any atom is 0.119 e. The van der Waals surface area contributed by atoms with Crippen molar-refractivity contribution in [1.29, 1.82) is 0 Å². The molecule has 0 aliphatic carbocycles. The van der Waals surface area contributed by atoms with Crippen LogP contribution in [0.4, 0.5) is 5.69 Å². The number of nitrogens with zero attached hydrogens (tertiary/aromatic N) is 2. The van der Waals surface area contributed by atoms with Gasteiger partial charge in [-0.15, -0.1) is 0 Å². The Kier molecular flexibility index (Phi) is 7.91. The first-order chi connectivity index (χ1) is 16.4. The van der Waals surface area contributed by atoms with Gasteiger partial charge in [0.15, 0.2) is 0 Å². The molecule has 1 heterocycles. The molecule has 3 aromatic rings. The van der Waals surface area contributed by atoms with Crippen LogP contribution in [-0.2, 0) is 6.54 Å². The van der Waals surface area contributed by atoms with Gasteiger partial charge in [0.1, 0.15) is 5.75 Å². The van der Waals surface area contributed by atoms with Gasteiger partial charge in [-0.2, -0.15) is 0 Å². The van der Waals surface area contributed by atoms with Crippen molar-refractivity contribution in [3.63, 3.8) is 0 Å². The number of benzene rings is 3. The van der Waals surface area contributed by atoms with Gasteiger partial charge in [0.05, 0.1) is 11.7 Å². The van der Waals surface area contributed by atoms with Crippen molar-refractivity contribution in [2.75, 3.05) is 31.6 Å². The van der Waals surface area contributed by atoms with Gasteiger partial charge in [-0.25, -0.2) is 0 Å². The van der Waals surface area contributed by atoms with Gasteiger partial charge in [-0.1, -0.05) is 54.6 Å². The molecule has 1 fully saturated rings. The summed E-state index contributed by atoms with van der Waals surface area (Å²) in [4.78, 5) is 4.68. The summed E-state index contributed by atoms with van der Waals surface area (Å²) in [5.41, 5.74) is 4.40. The molecule has 4 heteroatoms. The molecule has 4 nitrogen and oxygen atoms in total. The van der Waals surface area contributed by atoms with Crippen molar-refractivity contribution >= 4 is 5.69 Å². The zero-order valence-electron chi connectivity index (χ0n) is 20.8. The lowest BCUT2D eigenvalue weighted by Crippen LogP contribution is -2.45. The number of hydrogen-bond acceptors (Lipinski definition) is 4. The van der Waals surface area contributed by atoms with E-state index in [0.29, 0.717) is 0 Å². The molecular weight excluding hydrogens is 420 g/mol. The van der Waals surface area contributed by atoms with E-state index in [2.05, 4.69) is 77.5 Å². The molecule has 4 rings (SSSR count). The van der Waals surface area contributed by atoms with E-state index in [4.69, 9.17) is 4.74 Å². The van der Waals surface area contributed by atoms with Crippen molar-refractivity contribution in [3.05, 3.63) is 84.4 Å². The van der Waals surface area contributed by atoms with Gasteiger partial charge in [0, 0.05) is 38.9 Å². The minimum Gasteiger partial charge on any atom is -0.491 e. The van der Waals surface area contributed by atoms with Gasteiger partial charge in [-0.3, -0.25) is 4.90 Å². The third-order valence-corrected chi connectivity index (χ3v) is 6.82. The maximum absolute atomic E-state index is 11.2. The maximum atomic E-state index is 11.2. The summed E-state index contributed by atoms with van der Waals surface area (Å²) < 4.78 is 5.74. The van der Waals surface area contributed by atoms with Crippen LogP contribution in [0.3, 0.4) is 0 Å². The highest BCUT2D eigenvalue weighted by atomic mass is 16.5. The zero-order valence-corrected chi connectivity index (χ0v) is 20.8. The lowest BCUT2D eigenvalue weighted by molar-refractivity contribution is -0.0275. The molecule has 1 N–H and O–H groups in total. The predicted molar refractivity (Wildman–Crippen MR) is 141 cm³/mol. The quantitative estimate of drug-likeness (QED) is 0.427. The number of likely N-dealkylation sites (tertiary alicyclic amines) is 1. The fourth-order valence-electron chi connectivity index (χ4n) is 4.63. The number of ether oxygens (including phenoxy) is 1. The topological polar surface area (TPSA) is 35.9 Å². The highest BCUT2D eigenvalue weighted by Gasteiger charge is 2.32. The summed E-state index contributed by atoms with van der Waals surface area (Å²) in [5, 5.41) is 11.2. The Morgan fingerprint density at radius 1 is 0.882 bits per heavy atom. The summed E-state index contributed by atoms with van der Waals surface area (Å²) in [5.74, 6) is 0.896. The second-order valence-electron chi connectivity index (χ2n) is 9.90. The summed E-state index contributed by atoms with van der Waals surface area (Å²) in [6, 6.07) is 27.6. The molecule has 1 saturated heterocycles. The highest BCUT2D eigenvalue weighted by Crippen LogP contribution is 2.28. The van der Waals surface area contributed by atoms with Gasteiger partial charge in [-0.05, 0) is 74.1 Å². The fraction of sp³-hybridized carbons (Fsp3) is 0.400. The van der Waals surface area contributed by atoms with Crippen LogP contribution >= 0.6 is 0 Å². The van der Waals surface area contributed by atoms with Crippen LogP contribution in [0.25, 0.3) is 11.1 Å². The van der Waals surface area contributed by atoms with Gasteiger partial charge in [0.2, 0.25) is 0 Å². The Balaban J connectivity index is 1.23. The Labute approximate surface area is 204 Å². The smallest absolute Gasteiger partial charge is 0.119 e. The molecule has 0 aromatic heterocycles. The molecular formula is C30H38N2O2. The van der Waals surface area contributed by atoms with E-state index in [1.165, 1.54) is 16.7 Å². The van der Waals surface area contributed by atoms with Crippen molar-refractivity contribution in [2.45, 2.75) is 51.4 Å². The number of piperidine rings is 1. The highest BCUT2D eigenvalue weighted by molar-refractivity contribution is 5.63. The van der Waals surface area contributed by atoms with Crippen molar-refractivity contribution < 1.29 is 9.84 Å². The fourth-order valence-corrected chi connectivity index (χ4v) is 4.63. The van der Waals surface area contributed by atoms with E-state index in [0.717, 1.165) is 56.9 Å². The Bertz CT molecular complexity index is 1010. The minimum atomic E-state index is -0.581. The largest absolute Gasteiger partial charge is 0.491 e. The lowest BCUT2D eigenvalue weighted by Gasteiger charge is -2.39. The van der Waals surface area contributed by atoms with Crippen LogP contribution in [0.1, 0.15) is 38.7 Å². The monoisotopic (exact) mass is 458 g/mol. The average Bonchev–Trinajstić information content (AvgIpc) is 2.85. The standard InChI is InChI=1S/C30H38N2O2/c1-24(2)34-29-15-13-28(14-16-29)31(3)20-17-30(33)18-21-32(22-19-30)23-25-9-11-27(12-10-25)26-7-5-4-6-8-26/h4-16,24,33H,17-23H2,1-3H3. The van der Waals surface area contributed by atoms with E-state index >= 15 is 0 Å². The van der Waals surface area contributed by atoms with E-state index in [-0.39, 0.29) is 6.10 Å². The van der Waals surface area contributed by atoms with Gasteiger partial charge >= 0.3 is 0 Å². The van der Waals surface area contributed by atoms with Crippen molar-refractivity contribution in [2.24, 2.45) is 0 Å². The Morgan fingerprint density at radius 3 is 2.12 bits per heavy atom. The minimum absolute atomic E-state index is 0.178. The molecule has 34 heavy (non-hydrogen) atoms. The summed E-state index contributed by atoms with van der Waals surface area (Å²) >= 11 is 0. The predicted octanol–water partition coefficient (Wildman–Crippen LogP) is 5.99. The molecule has 0 spiro atoms. The van der Waals surface area contributed by atoms with Crippen LogP contribution in [0, 0.1) is 0 Å². The first-order valence-corrected chi connectivity index (χ1v) is 12.5. The van der Waals surface area contributed by atoms with Crippen molar-refractivity contribution in [1.82, 2.24) is 4.90 Å².